The maximum absolute atomic E-state index is 12.5. The van der Waals surface area contributed by atoms with Gasteiger partial charge in [-0.1, -0.05) is 184 Å². The lowest BCUT2D eigenvalue weighted by atomic mass is 9.94. The Morgan fingerprint density at radius 2 is 0.785 bits per heavy atom. The van der Waals surface area contributed by atoms with Crippen LogP contribution >= 0.6 is 21.6 Å². The fourth-order valence-electron chi connectivity index (χ4n) is 9.60. The molecular weight excluding hydrogens is 849 g/mol. The quantitative estimate of drug-likeness (QED) is 0.0255. The summed E-state index contributed by atoms with van der Waals surface area (Å²) in [7, 11) is 4.04. The summed E-state index contributed by atoms with van der Waals surface area (Å²) in [4.78, 5) is 42.3. The average Bonchev–Trinajstić information content (AvgIpc) is 3.31. The largest absolute Gasteiger partial charge is 0.466 e. The Labute approximate surface area is 409 Å². The van der Waals surface area contributed by atoms with Crippen LogP contribution < -0.4 is 0 Å². The first-order valence-electron chi connectivity index (χ1n) is 28.1. The second-order valence-corrected chi connectivity index (χ2v) is 22.7. The van der Waals surface area contributed by atoms with Crippen LogP contribution in [0.2, 0.25) is 0 Å². The molecule has 0 aromatic heterocycles. The minimum Gasteiger partial charge on any atom is -0.466 e. The monoisotopic (exact) mass is 953 g/mol. The van der Waals surface area contributed by atoms with Crippen molar-refractivity contribution < 1.29 is 28.6 Å². The normalized spacial score (nSPS) is 15.9. The fourth-order valence-corrected chi connectivity index (χ4v) is 11.7. The molecule has 1 unspecified atom stereocenters. The third kappa shape index (κ3) is 36.7. The number of esters is 3. The molecule has 0 N–H and O–H groups in total. The van der Waals surface area contributed by atoms with Crippen LogP contribution in [0.1, 0.15) is 245 Å². The summed E-state index contributed by atoms with van der Waals surface area (Å²) < 4.78 is 16.9. The van der Waals surface area contributed by atoms with Crippen LogP contribution in [-0.4, -0.2) is 98.3 Å². The van der Waals surface area contributed by atoms with Crippen molar-refractivity contribution in [3.05, 3.63) is 0 Å². The van der Waals surface area contributed by atoms with Gasteiger partial charge in [0, 0.05) is 43.9 Å². The number of carbonyl (C=O) groups is 3. The average molecular weight is 954 g/mol. The summed E-state index contributed by atoms with van der Waals surface area (Å²) in [5, 5.41) is 0. The molecule has 0 bridgehead atoms. The van der Waals surface area contributed by atoms with Gasteiger partial charge in [-0.15, -0.1) is 0 Å². The maximum Gasteiger partial charge on any atom is 0.305 e. The fraction of sp³-hybridized carbons (Fsp3) is 0.945. The van der Waals surface area contributed by atoms with Crippen molar-refractivity contribution in [3.8, 4) is 0 Å². The van der Waals surface area contributed by atoms with E-state index in [1.807, 2.05) is 21.6 Å². The summed E-state index contributed by atoms with van der Waals surface area (Å²) >= 11 is 0. The van der Waals surface area contributed by atoms with E-state index in [1.54, 1.807) is 0 Å². The Morgan fingerprint density at radius 3 is 1.20 bits per heavy atom. The highest BCUT2D eigenvalue weighted by Gasteiger charge is 2.21. The van der Waals surface area contributed by atoms with Crippen molar-refractivity contribution in [3.63, 3.8) is 0 Å². The number of rotatable bonds is 45. The summed E-state index contributed by atoms with van der Waals surface area (Å²) in [6.07, 6.45) is 40.8. The van der Waals surface area contributed by atoms with Gasteiger partial charge in [0.25, 0.3) is 0 Å². The number of likely N-dealkylation sites (tertiary alicyclic amines) is 2. The molecule has 2 aliphatic heterocycles. The molecule has 0 saturated carbocycles. The number of hydrogen-bond donors (Lipinski definition) is 0. The molecule has 0 amide bonds. The van der Waals surface area contributed by atoms with Crippen molar-refractivity contribution in [1.29, 1.82) is 0 Å². The lowest BCUT2D eigenvalue weighted by Gasteiger charge is -2.32. The first-order chi connectivity index (χ1) is 31.9. The van der Waals surface area contributed by atoms with Crippen LogP contribution in [0.3, 0.4) is 0 Å². The molecule has 2 rings (SSSR count). The molecule has 0 aromatic rings. The molecule has 65 heavy (non-hydrogen) atoms. The topological polar surface area (TPSA) is 85.4 Å². The lowest BCUT2D eigenvalue weighted by molar-refractivity contribution is -0.147. The first kappa shape index (κ1) is 60.2. The van der Waals surface area contributed by atoms with Gasteiger partial charge in [0.05, 0.1) is 19.8 Å². The summed E-state index contributed by atoms with van der Waals surface area (Å²) in [6, 6.07) is 0. The molecule has 2 aliphatic rings. The highest BCUT2D eigenvalue weighted by molar-refractivity contribution is 8.76. The third-order valence-corrected chi connectivity index (χ3v) is 16.6. The zero-order valence-electron chi connectivity index (χ0n) is 42.9. The van der Waals surface area contributed by atoms with Crippen LogP contribution in [0.4, 0.5) is 0 Å². The van der Waals surface area contributed by atoms with Crippen LogP contribution in [0, 0.1) is 17.8 Å². The number of piperidine rings is 2. The molecule has 8 nitrogen and oxygen atoms in total. The standard InChI is InChI=1S/C55H104N2O6S2/c1-4-7-10-13-15-16-17-18-19-20-21-23-26-30-53(58)61-45-37-50-33-39-56(40-34-50)43-47-64-65-48-44-57-41-35-51(36-42-57)38-46-62-54(59)31-27-32-55(60)63-49-52(28-24-12-9-6-3)29-25-22-14-11-8-5-2/h50-52H,4-49H2,1-3H3. The Morgan fingerprint density at radius 1 is 0.446 bits per heavy atom. The van der Waals surface area contributed by atoms with Gasteiger partial charge < -0.3 is 24.0 Å². The van der Waals surface area contributed by atoms with Crippen LogP contribution in [0.5, 0.6) is 0 Å². The third-order valence-electron chi connectivity index (χ3n) is 14.2. The molecule has 2 fully saturated rings. The lowest BCUT2D eigenvalue weighted by Crippen LogP contribution is -2.36. The van der Waals surface area contributed by atoms with E-state index in [-0.39, 0.29) is 17.9 Å². The molecular formula is C55H104N2O6S2. The van der Waals surface area contributed by atoms with Gasteiger partial charge in [0.15, 0.2) is 0 Å². The summed E-state index contributed by atoms with van der Waals surface area (Å²) in [5.41, 5.74) is 0. The van der Waals surface area contributed by atoms with E-state index in [0.717, 1.165) is 58.2 Å². The van der Waals surface area contributed by atoms with Gasteiger partial charge in [-0.3, -0.25) is 14.4 Å². The molecule has 0 aliphatic carbocycles. The number of ether oxygens (including phenoxy) is 3. The molecule has 2 heterocycles. The zero-order valence-corrected chi connectivity index (χ0v) is 44.6. The van der Waals surface area contributed by atoms with Crippen molar-refractivity contribution >= 4 is 39.5 Å². The molecule has 382 valence electrons. The molecule has 0 spiro atoms. The Kier molecular flexibility index (Phi) is 41.0. The van der Waals surface area contributed by atoms with E-state index < -0.39 is 0 Å². The van der Waals surface area contributed by atoms with E-state index in [4.69, 9.17) is 14.2 Å². The first-order valence-corrected chi connectivity index (χ1v) is 30.6. The Balaban J connectivity index is 1.36. The second kappa shape index (κ2) is 44.3. The van der Waals surface area contributed by atoms with Gasteiger partial charge in [-0.05, 0) is 108 Å². The van der Waals surface area contributed by atoms with E-state index >= 15 is 0 Å². The molecule has 1 atom stereocenters. The van der Waals surface area contributed by atoms with E-state index in [2.05, 4.69) is 30.6 Å². The summed E-state index contributed by atoms with van der Waals surface area (Å²) in [5.74, 6) is 3.78. The predicted octanol–water partition coefficient (Wildman–Crippen LogP) is 15.2. The van der Waals surface area contributed by atoms with Crippen molar-refractivity contribution in [2.75, 3.05) is 70.6 Å². The van der Waals surface area contributed by atoms with Crippen molar-refractivity contribution in [1.82, 2.24) is 9.80 Å². The SMILES string of the molecule is CCCCCCCCCCCCCCCC(=O)OCCC1CCN(CCSSCCN2CCC(CCOC(=O)CCCC(=O)OCC(CCCCCC)CCCCCCCC)CC2)CC1. The second-order valence-electron chi connectivity index (χ2n) is 20.0. The van der Waals surface area contributed by atoms with Crippen LogP contribution in [-0.2, 0) is 28.6 Å². The number of carbonyl (C=O) groups excluding carboxylic acids is 3. The van der Waals surface area contributed by atoms with Crippen LogP contribution in [0.25, 0.3) is 0 Å². The zero-order chi connectivity index (χ0) is 46.7. The van der Waals surface area contributed by atoms with Gasteiger partial charge in [0.1, 0.15) is 0 Å². The Hall–Kier alpha value is -0.970. The summed E-state index contributed by atoms with van der Waals surface area (Å²) in [6.45, 7) is 15.3. The molecule has 10 heteroatoms. The highest BCUT2D eigenvalue weighted by atomic mass is 33.1. The predicted molar refractivity (Wildman–Crippen MR) is 280 cm³/mol. The van der Waals surface area contributed by atoms with Crippen molar-refractivity contribution in [2.24, 2.45) is 17.8 Å². The van der Waals surface area contributed by atoms with E-state index in [0.29, 0.717) is 63.3 Å². The van der Waals surface area contributed by atoms with Gasteiger partial charge in [0.2, 0.25) is 0 Å². The highest BCUT2D eigenvalue weighted by Crippen LogP contribution is 2.26. The number of unbranched alkanes of at least 4 members (excludes halogenated alkanes) is 20. The smallest absolute Gasteiger partial charge is 0.305 e. The van der Waals surface area contributed by atoms with E-state index in [9.17, 15) is 14.4 Å². The minimum atomic E-state index is -0.184. The van der Waals surface area contributed by atoms with Gasteiger partial charge in [-0.25, -0.2) is 0 Å². The minimum absolute atomic E-state index is 0.00826. The molecule has 2 saturated heterocycles. The number of hydrogen-bond acceptors (Lipinski definition) is 10. The van der Waals surface area contributed by atoms with Crippen LogP contribution in [0.15, 0.2) is 0 Å². The van der Waals surface area contributed by atoms with Gasteiger partial charge in [-0.2, -0.15) is 0 Å². The molecule has 0 aromatic carbocycles. The van der Waals surface area contributed by atoms with E-state index in [1.165, 1.54) is 192 Å². The van der Waals surface area contributed by atoms with Crippen molar-refractivity contribution in [2.45, 2.75) is 245 Å². The number of nitrogens with zero attached hydrogens (tertiary/aromatic N) is 2. The Bertz CT molecular complexity index is 1100. The maximum atomic E-state index is 12.5. The van der Waals surface area contributed by atoms with Gasteiger partial charge >= 0.3 is 17.9 Å². The molecule has 0 radical (unpaired) electrons.